The molecule has 0 aliphatic carbocycles. The molecule has 0 fully saturated rings. The molecule has 84 valence electrons. The fourth-order valence-corrected chi connectivity index (χ4v) is 2.94. The Balaban J connectivity index is 2.30. The van der Waals surface area contributed by atoms with Gasteiger partial charge in [-0.3, -0.25) is 0 Å². The van der Waals surface area contributed by atoms with Gasteiger partial charge in [-0.15, -0.1) is 0 Å². The highest BCUT2D eigenvalue weighted by Crippen LogP contribution is 2.33. The zero-order valence-electron chi connectivity index (χ0n) is 10.2. The second kappa shape index (κ2) is 3.27. The van der Waals surface area contributed by atoms with Crippen molar-refractivity contribution in [3.63, 3.8) is 0 Å². The second-order valence-corrected chi connectivity index (χ2v) is 4.70. The molecule has 2 nitrogen and oxygen atoms in total. The monoisotopic (exact) mass is 214 g/mol. The van der Waals surface area contributed by atoms with Crippen LogP contribution in [-0.2, 0) is 19.5 Å². The minimum atomic E-state index is 1.11. The number of nitrogens with zero attached hydrogens (tertiary/aromatic N) is 2. The number of rotatable bonds is 1. The first-order valence-corrected chi connectivity index (χ1v) is 6.07. The van der Waals surface area contributed by atoms with E-state index in [-0.39, 0.29) is 0 Å². The summed E-state index contributed by atoms with van der Waals surface area (Å²) in [6.45, 7) is 8.89. The maximum Gasteiger partial charge on any atom is 0.0683 e. The average molecular weight is 214 g/mol. The quantitative estimate of drug-likeness (QED) is 0.690. The lowest BCUT2D eigenvalue weighted by molar-refractivity contribution is 0.551. The van der Waals surface area contributed by atoms with E-state index in [2.05, 4.69) is 48.2 Å². The summed E-state index contributed by atoms with van der Waals surface area (Å²) in [4.78, 5) is 0. The molecule has 0 radical (unpaired) electrons. The van der Waals surface area contributed by atoms with Gasteiger partial charge in [0.25, 0.3) is 0 Å². The lowest BCUT2D eigenvalue weighted by Crippen LogP contribution is -2.16. The summed E-state index contributed by atoms with van der Waals surface area (Å²) in [5.74, 6) is 0. The average Bonchev–Trinajstić information content (AvgIpc) is 2.78. The summed E-state index contributed by atoms with van der Waals surface area (Å²) in [7, 11) is 0. The van der Waals surface area contributed by atoms with Gasteiger partial charge < -0.3 is 9.13 Å². The molecule has 0 spiro atoms. The van der Waals surface area contributed by atoms with Crippen LogP contribution in [0.5, 0.6) is 0 Å². The third-order valence-electron chi connectivity index (χ3n) is 3.76. The Hall–Kier alpha value is -1.44. The summed E-state index contributed by atoms with van der Waals surface area (Å²) in [6.07, 6.45) is 3.43. The van der Waals surface area contributed by atoms with Gasteiger partial charge >= 0.3 is 0 Å². The van der Waals surface area contributed by atoms with Crippen LogP contribution in [0.3, 0.4) is 0 Å². The van der Waals surface area contributed by atoms with E-state index in [1.807, 2.05) is 0 Å². The van der Waals surface area contributed by atoms with E-state index in [0.717, 1.165) is 19.5 Å². The van der Waals surface area contributed by atoms with Crippen molar-refractivity contribution in [2.24, 2.45) is 0 Å². The number of hydrogen-bond donors (Lipinski definition) is 0. The van der Waals surface area contributed by atoms with Crippen LogP contribution >= 0.6 is 0 Å². The molecule has 2 aromatic heterocycles. The lowest BCUT2D eigenvalue weighted by Gasteiger charge is -2.21. The molecule has 0 unspecified atom stereocenters. The summed E-state index contributed by atoms with van der Waals surface area (Å²) in [5, 5.41) is 0. The van der Waals surface area contributed by atoms with Crippen LogP contribution in [0.1, 0.15) is 23.7 Å². The van der Waals surface area contributed by atoms with E-state index in [9.17, 15) is 0 Å². The number of fused-ring (bicyclic) bond motifs is 3. The highest BCUT2D eigenvalue weighted by atomic mass is 15.1. The zero-order chi connectivity index (χ0) is 11.3. The third kappa shape index (κ3) is 1.13. The van der Waals surface area contributed by atoms with Crippen LogP contribution in [0.4, 0.5) is 0 Å². The van der Waals surface area contributed by atoms with Crippen LogP contribution in [0.2, 0.25) is 0 Å². The van der Waals surface area contributed by atoms with Crippen molar-refractivity contribution in [2.45, 2.75) is 40.3 Å². The van der Waals surface area contributed by atoms with Crippen LogP contribution in [-0.4, -0.2) is 9.13 Å². The van der Waals surface area contributed by atoms with Gasteiger partial charge in [0.2, 0.25) is 0 Å². The highest BCUT2D eigenvalue weighted by Gasteiger charge is 2.21. The van der Waals surface area contributed by atoms with Gasteiger partial charge in [-0.05, 0) is 43.5 Å². The van der Waals surface area contributed by atoms with E-state index in [0.29, 0.717) is 0 Å². The van der Waals surface area contributed by atoms with Crippen molar-refractivity contribution < 1.29 is 0 Å². The summed E-state index contributed by atoms with van der Waals surface area (Å²) in [6, 6.07) is 4.49. The first-order chi connectivity index (χ1) is 7.72. The molecule has 0 atom stereocenters. The molecule has 0 N–H and O–H groups in total. The molecule has 0 aromatic carbocycles. The molecule has 2 aromatic rings. The minimum Gasteiger partial charge on any atom is -0.344 e. The molecule has 16 heavy (non-hydrogen) atoms. The Bertz CT molecular complexity index is 543. The van der Waals surface area contributed by atoms with Crippen molar-refractivity contribution in [3.8, 4) is 11.4 Å². The van der Waals surface area contributed by atoms with Gasteiger partial charge in [0.15, 0.2) is 0 Å². The second-order valence-electron chi connectivity index (χ2n) is 4.70. The molecular weight excluding hydrogens is 196 g/mol. The van der Waals surface area contributed by atoms with Crippen LogP contribution in [0.15, 0.2) is 18.3 Å². The Morgan fingerprint density at radius 1 is 1.19 bits per heavy atom. The van der Waals surface area contributed by atoms with E-state index in [1.54, 1.807) is 0 Å². The van der Waals surface area contributed by atoms with Crippen LogP contribution < -0.4 is 0 Å². The number of aromatic nitrogens is 2. The topological polar surface area (TPSA) is 9.86 Å². The molecule has 0 bridgehead atoms. The Labute approximate surface area is 96.5 Å². The molecule has 0 saturated heterocycles. The van der Waals surface area contributed by atoms with Crippen LogP contribution in [0, 0.1) is 13.8 Å². The van der Waals surface area contributed by atoms with Gasteiger partial charge in [0, 0.05) is 25.0 Å². The van der Waals surface area contributed by atoms with E-state index in [1.165, 1.54) is 28.2 Å². The predicted molar refractivity (Wildman–Crippen MR) is 66.7 cm³/mol. The maximum absolute atomic E-state index is 2.44. The molecule has 2 heteroatoms. The standard InChI is InChI=1S/C14H18N2/c1-4-12-10(2)9-15-7-8-16-11(3)5-6-13(16)14(12)15/h5-6,9H,4,7-8H2,1-3H3. The molecule has 3 rings (SSSR count). The van der Waals surface area contributed by atoms with Crippen LogP contribution in [0.25, 0.3) is 11.4 Å². The molecule has 3 heterocycles. The largest absolute Gasteiger partial charge is 0.344 e. The predicted octanol–water partition coefficient (Wildman–Crippen LogP) is 3.15. The fourth-order valence-electron chi connectivity index (χ4n) is 2.94. The van der Waals surface area contributed by atoms with Crippen molar-refractivity contribution >= 4 is 0 Å². The molecular formula is C14H18N2. The number of aryl methyl sites for hydroxylation is 3. The van der Waals surface area contributed by atoms with Gasteiger partial charge in [0.1, 0.15) is 0 Å². The van der Waals surface area contributed by atoms with Crippen molar-refractivity contribution in [2.75, 3.05) is 0 Å². The van der Waals surface area contributed by atoms with E-state index >= 15 is 0 Å². The fraction of sp³-hybridized carbons (Fsp3) is 0.429. The van der Waals surface area contributed by atoms with Crippen molar-refractivity contribution in [1.29, 1.82) is 0 Å². The van der Waals surface area contributed by atoms with E-state index < -0.39 is 0 Å². The summed E-state index contributed by atoms with van der Waals surface area (Å²) >= 11 is 0. The Morgan fingerprint density at radius 2 is 2.00 bits per heavy atom. The lowest BCUT2D eigenvalue weighted by atomic mass is 10.1. The van der Waals surface area contributed by atoms with Crippen molar-refractivity contribution in [3.05, 3.63) is 35.2 Å². The molecule has 1 aliphatic heterocycles. The highest BCUT2D eigenvalue weighted by molar-refractivity contribution is 5.65. The zero-order valence-corrected chi connectivity index (χ0v) is 10.2. The van der Waals surface area contributed by atoms with Gasteiger partial charge in [-0.1, -0.05) is 6.92 Å². The summed E-state index contributed by atoms with van der Waals surface area (Å²) < 4.78 is 4.86. The molecule has 1 aliphatic rings. The van der Waals surface area contributed by atoms with Gasteiger partial charge in [0.05, 0.1) is 11.4 Å². The smallest absolute Gasteiger partial charge is 0.0683 e. The first-order valence-electron chi connectivity index (χ1n) is 6.07. The minimum absolute atomic E-state index is 1.11. The first kappa shape index (κ1) is 9.76. The maximum atomic E-state index is 2.44. The van der Waals surface area contributed by atoms with Crippen molar-refractivity contribution in [1.82, 2.24) is 9.13 Å². The molecule has 0 saturated carbocycles. The normalized spacial score (nSPS) is 13.7. The Morgan fingerprint density at radius 3 is 2.75 bits per heavy atom. The van der Waals surface area contributed by atoms with Gasteiger partial charge in [-0.25, -0.2) is 0 Å². The van der Waals surface area contributed by atoms with Gasteiger partial charge in [-0.2, -0.15) is 0 Å². The Kier molecular flexibility index (Phi) is 2.00. The number of hydrogen-bond acceptors (Lipinski definition) is 0. The molecule has 0 amide bonds. The van der Waals surface area contributed by atoms with E-state index in [4.69, 9.17) is 0 Å². The summed E-state index contributed by atoms with van der Waals surface area (Å²) in [5.41, 5.74) is 7.17. The SMILES string of the molecule is CCc1c(C)cn2c1-c1ccc(C)n1CC2. The third-order valence-corrected chi connectivity index (χ3v) is 3.76.